The van der Waals surface area contributed by atoms with Crippen LogP contribution in [0.25, 0.3) is 10.9 Å². The molecule has 0 aliphatic heterocycles. The first kappa shape index (κ1) is 16.7. The van der Waals surface area contributed by atoms with Crippen molar-refractivity contribution < 1.29 is 4.79 Å². The Morgan fingerprint density at radius 3 is 2.50 bits per heavy atom. The van der Waals surface area contributed by atoms with Gasteiger partial charge in [-0.25, -0.2) is 9.97 Å². The van der Waals surface area contributed by atoms with Gasteiger partial charge in [-0.3, -0.25) is 4.79 Å². The predicted molar refractivity (Wildman–Crippen MR) is 99.7 cm³/mol. The van der Waals surface area contributed by atoms with Crippen LogP contribution >= 0.6 is 11.8 Å². The van der Waals surface area contributed by atoms with E-state index in [1.54, 1.807) is 0 Å². The molecule has 1 heterocycles. The van der Waals surface area contributed by atoms with Gasteiger partial charge in [-0.05, 0) is 31.9 Å². The van der Waals surface area contributed by atoms with Crippen LogP contribution in [-0.4, -0.2) is 21.0 Å². The van der Waals surface area contributed by atoms with Crippen molar-refractivity contribution in [2.75, 3.05) is 0 Å². The maximum absolute atomic E-state index is 12.7. The van der Waals surface area contributed by atoms with Gasteiger partial charge < -0.3 is 0 Å². The van der Waals surface area contributed by atoms with E-state index in [9.17, 15) is 4.79 Å². The van der Waals surface area contributed by atoms with Crippen LogP contribution in [0.4, 0.5) is 0 Å². The fourth-order valence-corrected chi connectivity index (χ4v) is 3.67. The molecule has 2 aromatic carbocycles. The summed E-state index contributed by atoms with van der Waals surface area (Å²) in [6, 6.07) is 15.8. The van der Waals surface area contributed by atoms with Crippen molar-refractivity contribution in [3.05, 3.63) is 65.5 Å². The third-order valence-corrected chi connectivity index (χ3v) is 5.09. The topological polar surface area (TPSA) is 42.9 Å². The molecule has 0 fully saturated rings. The molecule has 1 atom stereocenters. The van der Waals surface area contributed by atoms with Crippen LogP contribution in [0.1, 0.15) is 35.6 Å². The highest BCUT2D eigenvalue weighted by molar-refractivity contribution is 8.00. The van der Waals surface area contributed by atoms with E-state index in [4.69, 9.17) is 0 Å². The van der Waals surface area contributed by atoms with Gasteiger partial charge in [0.05, 0.1) is 10.8 Å². The minimum Gasteiger partial charge on any atom is -0.293 e. The molecule has 1 aromatic heterocycles. The Morgan fingerprint density at radius 2 is 1.79 bits per heavy atom. The number of fused-ring (bicyclic) bond motifs is 1. The number of nitrogens with zero attached hydrogens (tertiary/aromatic N) is 2. The second kappa shape index (κ2) is 7.14. The van der Waals surface area contributed by atoms with E-state index in [2.05, 4.69) is 16.9 Å². The number of rotatable bonds is 5. The van der Waals surface area contributed by atoms with Crippen LogP contribution < -0.4 is 0 Å². The molecule has 3 rings (SSSR count). The Bertz CT molecular complexity index is 874. The van der Waals surface area contributed by atoms with E-state index in [0.29, 0.717) is 0 Å². The Morgan fingerprint density at radius 1 is 1.08 bits per heavy atom. The van der Waals surface area contributed by atoms with Gasteiger partial charge in [0.15, 0.2) is 5.78 Å². The maximum Gasteiger partial charge on any atom is 0.175 e. The lowest BCUT2D eigenvalue weighted by Gasteiger charge is -2.12. The Hall–Kier alpha value is -2.20. The van der Waals surface area contributed by atoms with Crippen molar-refractivity contribution in [2.24, 2.45) is 0 Å². The van der Waals surface area contributed by atoms with Crippen molar-refractivity contribution in [3.63, 3.8) is 0 Å². The number of Topliss-reactive ketones (excluding diaryl/α,β-unsaturated/α-hetero) is 1. The van der Waals surface area contributed by atoms with Gasteiger partial charge in [0.1, 0.15) is 10.9 Å². The van der Waals surface area contributed by atoms with Crippen LogP contribution in [0.15, 0.2) is 53.6 Å². The van der Waals surface area contributed by atoms with Gasteiger partial charge >= 0.3 is 0 Å². The van der Waals surface area contributed by atoms with Gasteiger partial charge in [-0.15, -0.1) is 0 Å². The molecule has 0 aliphatic carbocycles. The highest BCUT2D eigenvalue weighted by Gasteiger charge is 2.19. The molecule has 3 aromatic rings. The predicted octanol–water partition coefficient (Wildman–Crippen LogP) is 4.86. The van der Waals surface area contributed by atoms with Crippen molar-refractivity contribution in [3.8, 4) is 0 Å². The van der Waals surface area contributed by atoms with Crippen molar-refractivity contribution in [1.29, 1.82) is 0 Å². The lowest BCUT2D eigenvalue weighted by Crippen LogP contribution is -2.14. The number of aromatic nitrogens is 2. The van der Waals surface area contributed by atoms with Gasteiger partial charge in [0.25, 0.3) is 0 Å². The van der Waals surface area contributed by atoms with Gasteiger partial charge in [-0.1, -0.05) is 61.2 Å². The average Bonchev–Trinajstić information content (AvgIpc) is 2.61. The molecule has 0 bridgehead atoms. The summed E-state index contributed by atoms with van der Waals surface area (Å²) in [5.41, 5.74) is 2.91. The zero-order valence-corrected chi connectivity index (χ0v) is 14.9. The van der Waals surface area contributed by atoms with Crippen LogP contribution in [0.2, 0.25) is 0 Å². The largest absolute Gasteiger partial charge is 0.293 e. The fraction of sp³-hybridized carbons (Fsp3) is 0.250. The summed E-state index contributed by atoms with van der Waals surface area (Å²) in [6.45, 7) is 5.93. The number of hydrogen-bond acceptors (Lipinski definition) is 4. The number of benzene rings is 2. The number of hydrogen-bond donors (Lipinski definition) is 0. The Labute approximate surface area is 146 Å². The van der Waals surface area contributed by atoms with Crippen molar-refractivity contribution >= 4 is 28.4 Å². The summed E-state index contributed by atoms with van der Waals surface area (Å²) in [5, 5.41) is 1.66. The number of carbonyl (C=O) groups is 1. The minimum atomic E-state index is -0.199. The third kappa shape index (κ3) is 3.49. The number of ketones is 1. The van der Waals surface area contributed by atoms with E-state index in [0.717, 1.165) is 33.7 Å². The van der Waals surface area contributed by atoms with Gasteiger partial charge in [0.2, 0.25) is 0 Å². The summed E-state index contributed by atoms with van der Waals surface area (Å²) < 4.78 is 0. The van der Waals surface area contributed by atoms with Crippen LogP contribution in [0.3, 0.4) is 0 Å². The molecule has 0 N–H and O–H groups in total. The van der Waals surface area contributed by atoms with Gasteiger partial charge in [0, 0.05) is 10.9 Å². The summed E-state index contributed by atoms with van der Waals surface area (Å²) in [7, 11) is 0. The highest BCUT2D eigenvalue weighted by atomic mass is 32.2. The van der Waals surface area contributed by atoms with Crippen molar-refractivity contribution in [2.45, 2.75) is 37.5 Å². The molecule has 122 valence electrons. The number of aryl methyl sites for hydroxylation is 2. The van der Waals surface area contributed by atoms with Gasteiger partial charge in [-0.2, -0.15) is 0 Å². The lowest BCUT2D eigenvalue weighted by atomic mass is 10.1. The van der Waals surface area contributed by atoms with E-state index < -0.39 is 0 Å². The lowest BCUT2D eigenvalue weighted by molar-refractivity contribution is 0.0994. The number of thioether (sulfide) groups is 1. The standard InChI is InChI=1S/C20H20N2OS/c1-4-15-9-11-16(12-10-15)19(23)13(2)24-20-17-7-5-6-8-18(17)21-14(3)22-20/h5-13H,4H2,1-3H3/t13-/m0/s1. The van der Waals surface area contributed by atoms with E-state index in [1.165, 1.54) is 17.3 Å². The third-order valence-electron chi connectivity index (χ3n) is 3.98. The SMILES string of the molecule is CCc1ccc(C(=O)[C@H](C)Sc2nc(C)nc3ccccc23)cc1. The van der Waals surface area contributed by atoms with Crippen LogP contribution in [-0.2, 0) is 6.42 Å². The molecule has 4 heteroatoms. The molecular formula is C20H20N2OS. The molecule has 24 heavy (non-hydrogen) atoms. The van der Waals surface area contributed by atoms with E-state index >= 15 is 0 Å². The van der Waals surface area contributed by atoms with Crippen LogP contribution in [0, 0.1) is 6.92 Å². The first-order valence-corrected chi connectivity index (χ1v) is 8.99. The Balaban J connectivity index is 1.86. The van der Waals surface area contributed by atoms with Crippen LogP contribution in [0.5, 0.6) is 0 Å². The molecular weight excluding hydrogens is 316 g/mol. The van der Waals surface area contributed by atoms with E-state index in [-0.39, 0.29) is 11.0 Å². The summed E-state index contributed by atoms with van der Waals surface area (Å²) in [4.78, 5) is 21.7. The first-order valence-electron chi connectivity index (χ1n) is 8.11. The molecule has 0 spiro atoms. The molecule has 0 saturated carbocycles. The molecule has 0 saturated heterocycles. The summed E-state index contributed by atoms with van der Waals surface area (Å²) in [6.07, 6.45) is 0.977. The second-order valence-corrected chi connectivity index (χ2v) is 7.10. The number of carbonyl (C=O) groups excluding carboxylic acids is 1. The summed E-state index contributed by atoms with van der Waals surface area (Å²) >= 11 is 1.50. The van der Waals surface area contributed by atoms with E-state index in [1.807, 2.05) is 62.4 Å². The second-order valence-electron chi connectivity index (χ2n) is 5.77. The number of para-hydroxylation sites is 1. The molecule has 0 amide bonds. The average molecular weight is 336 g/mol. The Kier molecular flexibility index (Phi) is 4.95. The minimum absolute atomic E-state index is 0.128. The molecule has 0 aliphatic rings. The quantitative estimate of drug-likeness (QED) is 0.379. The normalized spacial score (nSPS) is 12.3. The monoisotopic (exact) mass is 336 g/mol. The molecule has 3 nitrogen and oxygen atoms in total. The zero-order valence-electron chi connectivity index (χ0n) is 14.1. The fourth-order valence-electron chi connectivity index (χ4n) is 2.61. The highest BCUT2D eigenvalue weighted by Crippen LogP contribution is 2.30. The molecule has 0 unspecified atom stereocenters. The zero-order chi connectivity index (χ0) is 17.1. The maximum atomic E-state index is 12.7. The van der Waals surface area contributed by atoms with Crippen molar-refractivity contribution in [1.82, 2.24) is 9.97 Å². The summed E-state index contributed by atoms with van der Waals surface area (Å²) in [5.74, 6) is 0.853. The molecule has 0 radical (unpaired) electrons. The first-order chi connectivity index (χ1) is 11.6. The smallest absolute Gasteiger partial charge is 0.175 e.